The summed E-state index contributed by atoms with van der Waals surface area (Å²) in [4.78, 5) is 21.7. The van der Waals surface area contributed by atoms with Crippen LogP contribution in [-0.4, -0.2) is 53.9 Å². The van der Waals surface area contributed by atoms with Crippen LogP contribution in [0.1, 0.15) is 13.8 Å². The molecule has 1 rings (SSSR count). The molecule has 0 aromatic carbocycles. The first-order chi connectivity index (χ1) is 9.04. The number of hydrogen-bond acceptors (Lipinski definition) is 5. The second-order valence-electron chi connectivity index (χ2n) is 4.25. The van der Waals surface area contributed by atoms with Gasteiger partial charge in [-0.15, -0.1) is 0 Å². The summed E-state index contributed by atoms with van der Waals surface area (Å²) in [6.07, 6.45) is -12.4. The number of aliphatic hydroxyl groups is 1. The lowest BCUT2D eigenvalue weighted by Gasteiger charge is -2.40. The van der Waals surface area contributed by atoms with Gasteiger partial charge in [-0.3, -0.25) is 9.59 Å². The minimum Gasteiger partial charge on any atom is -0.457 e. The number of alkyl halides is 4. The highest BCUT2D eigenvalue weighted by Crippen LogP contribution is 2.26. The molecule has 10 heteroatoms. The zero-order valence-corrected chi connectivity index (χ0v) is 10.5. The van der Waals surface area contributed by atoms with Crippen LogP contribution in [-0.2, 0) is 19.1 Å². The van der Waals surface area contributed by atoms with Crippen molar-refractivity contribution < 1.29 is 41.7 Å². The molecule has 1 aliphatic heterocycles. The number of hydrogen-bond donors (Lipinski definition) is 2. The molecule has 1 saturated heterocycles. The summed E-state index contributed by atoms with van der Waals surface area (Å²) < 4.78 is 59.4. The zero-order chi connectivity index (χ0) is 15.7. The number of amides is 1. The van der Waals surface area contributed by atoms with Gasteiger partial charge in [-0.2, -0.15) is 13.2 Å². The molecule has 0 spiro atoms. The van der Waals surface area contributed by atoms with Crippen molar-refractivity contribution in [1.82, 2.24) is 5.32 Å². The third kappa shape index (κ3) is 3.79. The highest BCUT2D eigenvalue weighted by Gasteiger charge is 2.50. The van der Waals surface area contributed by atoms with E-state index in [1.54, 1.807) is 0 Å². The molecular weight excluding hydrogens is 290 g/mol. The predicted octanol–water partition coefficient (Wildman–Crippen LogP) is 0.0404. The normalized spacial score (nSPS) is 34.5. The van der Waals surface area contributed by atoms with Crippen molar-refractivity contribution in [3.8, 4) is 0 Å². The van der Waals surface area contributed by atoms with Gasteiger partial charge in [-0.1, -0.05) is 0 Å². The Morgan fingerprint density at radius 2 is 1.90 bits per heavy atom. The predicted molar refractivity (Wildman–Crippen MR) is 55.0 cm³/mol. The highest BCUT2D eigenvalue weighted by atomic mass is 19.4. The van der Waals surface area contributed by atoms with E-state index in [-0.39, 0.29) is 0 Å². The molecule has 0 aliphatic carbocycles. The van der Waals surface area contributed by atoms with Gasteiger partial charge in [0, 0.05) is 6.92 Å². The Balaban J connectivity index is 2.92. The van der Waals surface area contributed by atoms with E-state index in [0.717, 1.165) is 6.92 Å². The molecule has 0 saturated carbocycles. The van der Waals surface area contributed by atoms with Crippen molar-refractivity contribution in [2.45, 2.75) is 50.7 Å². The molecule has 2 N–H and O–H groups in total. The van der Waals surface area contributed by atoms with Crippen molar-refractivity contribution >= 4 is 11.9 Å². The first-order valence-electron chi connectivity index (χ1n) is 5.56. The summed E-state index contributed by atoms with van der Waals surface area (Å²) in [5, 5.41) is 10.7. The van der Waals surface area contributed by atoms with E-state index < -0.39 is 48.8 Å². The lowest BCUT2D eigenvalue weighted by molar-refractivity contribution is -0.242. The molecule has 1 heterocycles. The average Bonchev–Trinajstić information content (AvgIpc) is 2.28. The number of nitrogens with one attached hydrogen (secondary N) is 1. The van der Waals surface area contributed by atoms with E-state index in [1.807, 2.05) is 0 Å². The molecule has 1 aliphatic rings. The third-order valence-corrected chi connectivity index (χ3v) is 2.66. The number of rotatable bonds is 2. The zero-order valence-electron chi connectivity index (χ0n) is 10.5. The van der Waals surface area contributed by atoms with Gasteiger partial charge in [-0.25, -0.2) is 4.39 Å². The van der Waals surface area contributed by atoms with E-state index in [0.29, 0.717) is 0 Å². The largest absolute Gasteiger partial charge is 0.471 e. The molecule has 116 valence electrons. The molecule has 1 amide bonds. The van der Waals surface area contributed by atoms with Crippen LogP contribution in [0.4, 0.5) is 17.6 Å². The Labute approximate surface area is 111 Å². The Bertz CT molecular complexity index is 388. The van der Waals surface area contributed by atoms with Gasteiger partial charge >= 0.3 is 18.1 Å². The SMILES string of the molecule is CC(=O)O[C@@H]1[C@H](NC(=O)C(F)(F)F)[C@H](C)OC(O)[C@@H]1F. The quantitative estimate of drug-likeness (QED) is 0.556. The lowest BCUT2D eigenvalue weighted by atomic mass is 9.97. The average molecular weight is 303 g/mol. The second-order valence-corrected chi connectivity index (χ2v) is 4.25. The van der Waals surface area contributed by atoms with Crippen molar-refractivity contribution in [1.29, 1.82) is 0 Å². The standard InChI is InChI=1S/C10H13F4NO5/c1-3-6(15-9(18)10(12,13)14)7(20-4(2)16)5(11)8(17)19-3/h3,5-8,17H,1-2H3,(H,15,18)/t3-,5+,6+,7-,8?/m0/s1. The lowest BCUT2D eigenvalue weighted by Crippen LogP contribution is -2.63. The molecule has 20 heavy (non-hydrogen) atoms. The fourth-order valence-electron chi connectivity index (χ4n) is 1.77. The molecule has 6 nitrogen and oxygen atoms in total. The van der Waals surface area contributed by atoms with Gasteiger partial charge in [0.25, 0.3) is 0 Å². The molecule has 0 bridgehead atoms. The van der Waals surface area contributed by atoms with Crippen molar-refractivity contribution in [2.24, 2.45) is 0 Å². The molecule has 1 fully saturated rings. The number of ether oxygens (including phenoxy) is 2. The van der Waals surface area contributed by atoms with Crippen LogP contribution in [0.2, 0.25) is 0 Å². The summed E-state index contributed by atoms with van der Waals surface area (Å²) in [5.41, 5.74) is 0. The Morgan fingerprint density at radius 3 is 2.35 bits per heavy atom. The summed E-state index contributed by atoms with van der Waals surface area (Å²) in [5.74, 6) is -3.29. The number of esters is 1. The van der Waals surface area contributed by atoms with Crippen LogP contribution in [0.15, 0.2) is 0 Å². The fourth-order valence-corrected chi connectivity index (χ4v) is 1.77. The van der Waals surface area contributed by atoms with Crippen LogP contribution >= 0.6 is 0 Å². The molecule has 0 radical (unpaired) electrons. The van der Waals surface area contributed by atoms with E-state index in [1.165, 1.54) is 12.2 Å². The van der Waals surface area contributed by atoms with E-state index in [2.05, 4.69) is 9.47 Å². The van der Waals surface area contributed by atoms with E-state index in [4.69, 9.17) is 0 Å². The van der Waals surface area contributed by atoms with Crippen LogP contribution < -0.4 is 5.32 Å². The number of aliphatic hydroxyl groups excluding tert-OH is 1. The van der Waals surface area contributed by atoms with Crippen molar-refractivity contribution in [3.05, 3.63) is 0 Å². The summed E-state index contributed by atoms with van der Waals surface area (Å²) in [6.45, 7) is 2.12. The Kier molecular flexibility index (Phi) is 4.92. The number of halogens is 4. The molecule has 0 aromatic heterocycles. The van der Waals surface area contributed by atoms with Crippen LogP contribution in [0.25, 0.3) is 0 Å². The molecule has 0 aromatic rings. The van der Waals surface area contributed by atoms with Gasteiger partial charge in [0.1, 0.15) is 0 Å². The fraction of sp³-hybridized carbons (Fsp3) is 0.800. The molecule has 1 unspecified atom stereocenters. The van der Waals surface area contributed by atoms with Gasteiger partial charge in [-0.05, 0) is 6.92 Å². The maximum Gasteiger partial charge on any atom is 0.471 e. The van der Waals surface area contributed by atoms with Gasteiger partial charge in [0.05, 0.1) is 12.1 Å². The van der Waals surface area contributed by atoms with Crippen molar-refractivity contribution in [2.75, 3.05) is 0 Å². The smallest absolute Gasteiger partial charge is 0.457 e. The van der Waals surface area contributed by atoms with Crippen LogP contribution in [0.5, 0.6) is 0 Å². The molecule has 5 atom stereocenters. The van der Waals surface area contributed by atoms with Crippen molar-refractivity contribution in [3.63, 3.8) is 0 Å². The Morgan fingerprint density at radius 1 is 1.35 bits per heavy atom. The van der Waals surface area contributed by atoms with Gasteiger partial charge in [0.15, 0.2) is 18.6 Å². The monoisotopic (exact) mass is 303 g/mol. The third-order valence-electron chi connectivity index (χ3n) is 2.66. The Hall–Kier alpha value is -1.42. The van der Waals surface area contributed by atoms with Gasteiger partial charge in [0.2, 0.25) is 0 Å². The number of carbonyl (C=O) groups is 2. The van der Waals surface area contributed by atoms with Gasteiger partial charge < -0.3 is 19.9 Å². The minimum absolute atomic E-state index is 0.919. The topological polar surface area (TPSA) is 84.9 Å². The summed E-state index contributed by atoms with van der Waals surface area (Å²) >= 11 is 0. The first kappa shape index (κ1) is 16.6. The molecular formula is C10H13F4NO5. The maximum atomic E-state index is 13.7. The summed E-state index contributed by atoms with van der Waals surface area (Å²) in [7, 11) is 0. The highest BCUT2D eigenvalue weighted by molar-refractivity contribution is 5.82. The maximum absolute atomic E-state index is 13.7. The number of carbonyl (C=O) groups excluding carboxylic acids is 2. The van der Waals surface area contributed by atoms with Crippen LogP contribution in [0, 0.1) is 0 Å². The van der Waals surface area contributed by atoms with E-state index in [9.17, 15) is 32.3 Å². The summed E-state index contributed by atoms with van der Waals surface area (Å²) in [6, 6.07) is -1.58. The first-order valence-corrected chi connectivity index (χ1v) is 5.56. The van der Waals surface area contributed by atoms with Crippen LogP contribution in [0.3, 0.4) is 0 Å². The minimum atomic E-state index is -5.18. The second kappa shape index (κ2) is 5.92. The van der Waals surface area contributed by atoms with E-state index >= 15 is 0 Å².